The normalized spacial score (nSPS) is 20.8. The van der Waals surface area contributed by atoms with Gasteiger partial charge in [0.1, 0.15) is 12.4 Å². The zero-order valence-electron chi connectivity index (χ0n) is 18.5. The molecule has 1 heterocycles. The van der Waals surface area contributed by atoms with E-state index in [0.29, 0.717) is 12.5 Å². The fraction of sp³-hybridized carbons (Fsp3) is 0.250. The zero-order valence-corrected chi connectivity index (χ0v) is 18.5. The highest BCUT2D eigenvalue weighted by atomic mass is 16.5. The predicted octanol–water partition coefficient (Wildman–Crippen LogP) is 5.79. The van der Waals surface area contributed by atoms with Crippen LogP contribution in [0.4, 0.5) is 5.69 Å². The lowest BCUT2D eigenvalue weighted by Crippen LogP contribution is -2.32. The number of anilines is 1. The Morgan fingerprint density at radius 3 is 2.53 bits per heavy atom. The topological polar surface area (TPSA) is 41.6 Å². The highest BCUT2D eigenvalue weighted by molar-refractivity contribution is 6.00. The number of carbonyl (C=O) groups is 1. The van der Waals surface area contributed by atoms with Gasteiger partial charge < -0.3 is 15.0 Å². The maximum atomic E-state index is 12.9. The van der Waals surface area contributed by atoms with Gasteiger partial charge in [-0.2, -0.15) is 0 Å². The van der Waals surface area contributed by atoms with Crippen LogP contribution in [0, 0.1) is 5.92 Å². The van der Waals surface area contributed by atoms with Crippen LogP contribution in [0.3, 0.4) is 0 Å². The molecular weight excluding hydrogens is 396 g/mol. The summed E-state index contributed by atoms with van der Waals surface area (Å²) in [6, 6.07) is 24.6. The van der Waals surface area contributed by atoms with Crippen molar-refractivity contribution in [2.75, 3.05) is 19.4 Å². The third kappa shape index (κ3) is 3.66. The van der Waals surface area contributed by atoms with Gasteiger partial charge in [-0.05, 0) is 35.6 Å². The van der Waals surface area contributed by atoms with E-state index >= 15 is 0 Å². The number of para-hydroxylation sites is 2. The van der Waals surface area contributed by atoms with Crippen molar-refractivity contribution in [2.24, 2.45) is 5.92 Å². The summed E-state index contributed by atoms with van der Waals surface area (Å²) in [5.74, 6) is 1.57. The number of hydrogen-bond acceptors (Lipinski definition) is 3. The summed E-state index contributed by atoms with van der Waals surface area (Å²) in [7, 11) is 3.60. The van der Waals surface area contributed by atoms with E-state index in [-0.39, 0.29) is 17.9 Å². The molecule has 0 saturated carbocycles. The molecule has 4 nitrogen and oxygen atoms in total. The molecule has 1 amide bonds. The van der Waals surface area contributed by atoms with Crippen LogP contribution in [0.1, 0.15) is 45.4 Å². The van der Waals surface area contributed by atoms with Crippen LogP contribution in [0.2, 0.25) is 0 Å². The smallest absolute Gasteiger partial charge is 0.255 e. The number of nitrogens with zero attached hydrogens (tertiary/aromatic N) is 1. The second kappa shape index (κ2) is 8.54. The van der Waals surface area contributed by atoms with Crippen molar-refractivity contribution >= 4 is 11.6 Å². The molecule has 1 N–H and O–H groups in total. The summed E-state index contributed by atoms with van der Waals surface area (Å²) in [5, 5.41) is 3.76. The van der Waals surface area contributed by atoms with Crippen molar-refractivity contribution in [2.45, 2.75) is 25.0 Å². The molecule has 0 bridgehead atoms. The number of amides is 1. The number of carbonyl (C=O) groups excluding carboxylic acids is 1. The minimum atomic E-state index is 0.0159. The number of hydrogen-bond donors (Lipinski definition) is 1. The van der Waals surface area contributed by atoms with Crippen LogP contribution in [0.15, 0.2) is 84.9 Å². The second-order valence-corrected chi connectivity index (χ2v) is 8.76. The monoisotopic (exact) mass is 424 g/mol. The van der Waals surface area contributed by atoms with E-state index in [9.17, 15) is 4.79 Å². The first-order valence-electron chi connectivity index (χ1n) is 11.2. The van der Waals surface area contributed by atoms with Crippen LogP contribution >= 0.6 is 0 Å². The Kier molecular flexibility index (Phi) is 5.44. The Morgan fingerprint density at radius 2 is 1.72 bits per heavy atom. The maximum absolute atomic E-state index is 12.9. The first kappa shape index (κ1) is 20.4. The van der Waals surface area contributed by atoms with Crippen LogP contribution in [-0.2, 0) is 6.61 Å². The summed E-state index contributed by atoms with van der Waals surface area (Å²) in [4.78, 5) is 14.6. The standard InChI is InChI=1S/C28H28N2O2/c1-30(2)28(31)24-16-9-15-22-20-13-8-14-21(20)26(29-27(22)24)23-12-6-7-17-25(23)32-18-19-10-4-3-5-11-19/h3-13,15-17,20-21,26,29H,14,18H2,1-2H3. The van der Waals surface area contributed by atoms with Gasteiger partial charge in [0.25, 0.3) is 5.91 Å². The Morgan fingerprint density at radius 1 is 0.969 bits per heavy atom. The molecule has 5 rings (SSSR count). The Labute approximate surface area is 189 Å². The SMILES string of the molecule is CN(C)C(=O)c1cccc2c1NC(c1ccccc1OCc1ccccc1)C1CC=CC21. The van der Waals surface area contributed by atoms with Gasteiger partial charge in [-0.15, -0.1) is 0 Å². The molecule has 4 heteroatoms. The molecule has 0 spiro atoms. The molecule has 32 heavy (non-hydrogen) atoms. The molecule has 0 aromatic heterocycles. The molecule has 0 saturated heterocycles. The predicted molar refractivity (Wildman–Crippen MR) is 128 cm³/mol. The Balaban J connectivity index is 1.52. The van der Waals surface area contributed by atoms with E-state index < -0.39 is 0 Å². The molecule has 3 atom stereocenters. The molecule has 2 aliphatic rings. The van der Waals surface area contributed by atoms with Crippen molar-refractivity contribution in [3.05, 3.63) is 107 Å². The molecule has 3 aromatic rings. The van der Waals surface area contributed by atoms with Crippen molar-refractivity contribution in [1.82, 2.24) is 4.90 Å². The molecule has 1 aliphatic heterocycles. The molecule has 3 unspecified atom stereocenters. The van der Waals surface area contributed by atoms with E-state index in [1.54, 1.807) is 19.0 Å². The lowest BCUT2D eigenvalue weighted by Gasteiger charge is -2.39. The van der Waals surface area contributed by atoms with Gasteiger partial charge in [0.05, 0.1) is 17.3 Å². The van der Waals surface area contributed by atoms with Gasteiger partial charge in [0.15, 0.2) is 0 Å². The van der Waals surface area contributed by atoms with Crippen molar-refractivity contribution in [3.8, 4) is 5.75 Å². The van der Waals surface area contributed by atoms with E-state index in [2.05, 4.69) is 47.8 Å². The third-order valence-corrected chi connectivity index (χ3v) is 6.52. The highest BCUT2D eigenvalue weighted by Gasteiger charge is 2.40. The summed E-state index contributed by atoms with van der Waals surface area (Å²) in [6.07, 6.45) is 5.57. The first-order valence-corrected chi connectivity index (χ1v) is 11.2. The fourth-order valence-electron chi connectivity index (χ4n) is 4.95. The zero-order chi connectivity index (χ0) is 22.1. The lowest BCUT2D eigenvalue weighted by molar-refractivity contribution is 0.0828. The average molecular weight is 425 g/mol. The maximum Gasteiger partial charge on any atom is 0.255 e. The van der Waals surface area contributed by atoms with Crippen LogP contribution < -0.4 is 10.1 Å². The van der Waals surface area contributed by atoms with Crippen LogP contribution in [0.25, 0.3) is 0 Å². The summed E-state index contributed by atoms with van der Waals surface area (Å²) < 4.78 is 6.29. The Hall–Kier alpha value is -3.53. The van der Waals surface area contributed by atoms with E-state index in [1.165, 1.54) is 5.56 Å². The number of fused-ring (bicyclic) bond motifs is 3. The largest absolute Gasteiger partial charge is 0.489 e. The minimum Gasteiger partial charge on any atom is -0.489 e. The van der Waals surface area contributed by atoms with Gasteiger partial charge in [-0.1, -0.05) is 72.8 Å². The number of allylic oxidation sites excluding steroid dienone is 2. The molecule has 162 valence electrons. The molecule has 3 aromatic carbocycles. The van der Waals surface area contributed by atoms with Gasteiger partial charge in [-0.25, -0.2) is 0 Å². The van der Waals surface area contributed by atoms with E-state index in [0.717, 1.165) is 34.5 Å². The quantitative estimate of drug-likeness (QED) is 0.527. The van der Waals surface area contributed by atoms with Gasteiger partial charge in [0, 0.05) is 25.6 Å². The molecule has 0 radical (unpaired) electrons. The summed E-state index contributed by atoms with van der Waals surface area (Å²) >= 11 is 0. The number of ether oxygens (including phenoxy) is 1. The van der Waals surface area contributed by atoms with E-state index in [4.69, 9.17) is 4.74 Å². The highest BCUT2D eigenvalue weighted by Crippen LogP contribution is 2.52. The summed E-state index contributed by atoms with van der Waals surface area (Å²) in [6.45, 7) is 0.526. The minimum absolute atomic E-state index is 0.0159. The van der Waals surface area contributed by atoms with Gasteiger partial charge in [0.2, 0.25) is 0 Å². The fourth-order valence-corrected chi connectivity index (χ4v) is 4.95. The Bertz CT molecular complexity index is 1150. The van der Waals surface area contributed by atoms with Crippen LogP contribution in [0.5, 0.6) is 5.75 Å². The van der Waals surface area contributed by atoms with Crippen molar-refractivity contribution < 1.29 is 9.53 Å². The summed E-state index contributed by atoms with van der Waals surface area (Å²) in [5.41, 5.74) is 5.15. The molecular formula is C28H28N2O2. The lowest BCUT2D eigenvalue weighted by atomic mass is 9.76. The molecule has 0 fully saturated rings. The number of benzene rings is 3. The van der Waals surface area contributed by atoms with Gasteiger partial charge in [-0.3, -0.25) is 4.79 Å². The first-order chi connectivity index (χ1) is 15.6. The van der Waals surface area contributed by atoms with Crippen molar-refractivity contribution in [1.29, 1.82) is 0 Å². The number of nitrogens with one attached hydrogen (secondary N) is 1. The van der Waals surface area contributed by atoms with E-state index in [1.807, 2.05) is 42.5 Å². The average Bonchev–Trinajstić information content (AvgIpc) is 3.32. The number of rotatable bonds is 5. The van der Waals surface area contributed by atoms with Gasteiger partial charge >= 0.3 is 0 Å². The van der Waals surface area contributed by atoms with Crippen molar-refractivity contribution in [3.63, 3.8) is 0 Å². The van der Waals surface area contributed by atoms with Crippen LogP contribution in [-0.4, -0.2) is 24.9 Å². The third-order valence-electron chi connectivity index (χ3n) is 6.52. The molecule has 1 aliphatic carbocycles. The second-order valence-electron chi connectivity index (χ2n) is 8.76.